The number of hydrogen-bond donors (Lipinski definition) is 1. The van der Waals surface area contributed by atoms with Crippen LogP contribution < -0.4 is 5.32 Å². The third kappa shape index (κ3) is 6.07. The monoisotopic (exact) mass is 353 g/mol. The number of aryl methyl sites for hydroxylation is 1. The van der Waals surface area contributed by atoms with Crippen molar-refractivity contribution in [3.8, 4) is 0 Å². The third-order valence-corrected chi connectivity index (χ3v) is 5.27. The lowest BCUT2D eigenvalue weighted by Gasteiger charge is -2.34. The Morgan fingerprint density at radius 1 is 1.38 bits per heavy atom. The molecule has 1 fully saturated rings. The molecule has 0 unspecified atom stereocenters. The summed E-state index contributed by atoms with van der Waals surface area (Å²) in [7, 11) is 1.73. The van der Waals surface area contributed by atoms with Crippen LogP contribution in [0.25, 0.3) is 0 Å². The zero-order valence-corrected chi connectivity index (χ0v) is 16.0. The number of thiophene rings is 1. The summed E-state index contributed by atoms with van der Waals surface area (Å²) in [6, 6.07) is 2.16. The minimum atomic E-state index is 0.375. The van der Waals surface area contributed by atoms with Crippen LogP contribution >= 0.6 is 11.3 Å². The van der Waals surface area contributed by atoms with Crippen molar-refractivity contribution < 1.29 is 9.47 Å². The Labute approximate surface area is 150 Å². The van der Waals surface area contributed by atoms with Gasteiger partial charge in [-0.15, -0.1) is 11.3 Å². The molecule has 136 valence electrons. The molecule has 1 aliphatic heterocycles. The maximum absolute atomic E-state index is 5.94. The molecule has 1 aliphatic rings. The van der Waals surface area contributed by atoms with Gasteiger partial charge in [0.05, 0.1) is 12.6 Å². The Bertz CT molecular complexity index is 496. The second kappa shape index (κ2) is 10.7. The first kappa shape index (κ1) is 19.2. The molecule has 0 aliphatic carbocycles. The van der Waals surface area contributed by atoms with Crippen LogP contribution in [-0.2, 0) is 16.0 Å². The molecule has 2 rings (SSSR count). The van der Waals surface area contributed by atoms with Crippen molar-refractivity contribution in [2.75, 3.05) is 40.0 Å². The first-order chi connectivity index (χ1) is 11.7. The SMILES string of the molecule is CCNC(=NCc1sccc1C)N1CCC(OCCCOC)CC1. The lowest BCUT2D eigenvalue weighted by atomic mass is 10.1. The van der Waals surface area contributed by atoms with Crippen LogP contribution in [0.3, 0.4) is 0 Å². The number of ether oxygens (including phenoxy) is 2. The van der Waals surface area contributed by atoms with Gasteiger partial charge in [-0.1, -0.05) is 0 Å². The molecule has 0 atom stereocenters. The molecule has 1 aromatic heterocycles. The Morgan fingerprint density at radius 2 is 2.17 bits per heavy atom. The lowest BCUT2D eigenvalue weighted by molar-refractivity contribution is 0.00990. The molecular weight excluding hydrogens is 322 g/mol. The van der Waals surface area contributed by atoms with Crippen molar-refractivity contribution in [2.45, 2.75) is 45.8 Å². The minimum absolute atomic E-state index is 0.375. The van der Waals surface area contributed by atoms with Crippen LogP contribution in [0, 0.1) is 6.92 Å². The quantitative estimate of drug-likeness (QED) is 0.443. The Balaban J connectivity index is 1.81. The van der Waals surface area contributed by atoms with Gasteiger partial charge in [0, 0.05) is 44.8 Å². The maximum Gasteiger partial charge on any atom is 0.194 e. The number of hydrogen-bond acceptors (Lipinski definition) is 4. The fourth-order valence-electron chi connectivity index (χ4n) is 2.83. The van der Waals surface area contributed by atoms with Crippen LogP contribution in [0.5, 0.6) is 0 Å². The molecule has 0 radical (unpaired) electrons. The van der Waals surface area contributed by atoms with E-state index in [9.17, 15) is 0 Å². The fraction of sp³-hybridized carbons (Fsp3) is 0.722. The Morgan fingerprint density at radius 3 is 2.79 bits per heavy atom. The van der Waals surface area contributed by atoms with Crippen molar-refractivity contribution in [1.82, 2.24) is 10.2 Å². The highest BCUT2D eigenvalue weighted by Gasteiger charge is 2.21. The van der Waals surface area contributed by atoms with Crippen molar-refractivity contribution in [3.63, 3.8) is 0 Å². The minimum Gasteiger partial charge on any atom is -0.385 e. The highest BCUT2D eigenvalue weighted by atomic mass is 32.1. The summed E-state index contributed by atoms with van der Waals surface area (Å²) < 4.78 is 11.0. The molecule has 6 heteroatoms. The molecule has 0 bridgehead atoms. The first-order valence-electron chi connectivity index (χ1n) is 8.91. The zero-order valence-electron chi connectivity index (χ0n) is 15.2. The number of aliphatic imine (C=N–C) groups is 1. The molecule has 1 aromatic rings. The van der Waals surface area contributed by atoms with E-state index in [1.807, 2.05) is 0 Å². The smallest absolute Gasteiger partial charge is 0.194 e. The van der Waals surface area contributed by atoms with E-state index < -0.39 is 0 Å². The third-order valence-electron chi connectivity index (χ3n) is 4.26. The lowest BCUT2D eigenvalue weighted by Crippen LogP contribution is -2.47. The van der Waals surface area contributed by atoms with Gasteiger partial charge in [0.1, 0.15) is 0 Å². The number of piperidine rings is 1. The van der Waals surface area contributed by atoms with Crippen LogP contribution in [0.15, 0.2) is 16.4 Å². The Kier molecular flexibility index (Phi) is 8.56. The standard InChI is InChI=1S/C18H31N3O2S/c1-4-19-18(20-14-17-15(2)8-13-24-17)21-9-6-16(7-10-21)23-12-5-11-22-3/h8,13,16H,4-7,9-12,14H2,1-3H3,(H,19,20). The van der Waals surface area contributed by atoms with E-state index in [2.05, 4.69) is 35.5 Å². The average Bonchev–Trinajstić information content (AvgIpc) is 3.01. The molecule has 0 aromatic carbocycles. The summed E-state index contributed by atoms with van der Waals surface area (Å²) in [5.41, 5.74) is 1.34. The highest BCUT2D eigenvalue weighted by molar-refractivity contribution is 7.10. The maximum atomic E-state index is 5.94. The zero-order chi connectivity index (χ0) is 17.2. The molecule has 5 nitrogen and oxygen atoms in total. The van der Waals surface area contributed by atoms with Crippen molar-refractivity contribution in [3.05, 3.63) is 21.9 Å². The van der Waals surface area contributed by atoms with E-state index in [4.69, 9.17) is 14.5 Å². The van der Waals surface area contributed by atoms with E-state index in [1.54, 1.807) is 18.4 Å². The number of likely N-dealkylation sites (tertiary alicyclic amines) is 1. The number of methoxy groups -OCH3 is 1. The van der Waals surface area contributed by atoms with Gasteiger partial charge in [0.15, 0.2) is 5.96 Å². The van der Waals surface area contributed by atoms with E-state index in [0.717, 1.165) is 64.6 Å². The highest BCUT2D eigenvalue weighted by Crippen LogP contribution is 2.18. The molecule has 2 heterocycles. The van der Waals surface area contributed by atoms with E-state index in [1.165, 1.54) is 10.4 Å². The van der Waals surface area contributed by atoms with Crippen molar-refractivity contribution >= 4 is 17.3 Å². The van der Waals surface area contributed by atoms with E-state index in [-0.39, 0.29) is 0 Å². The Hall–Kier alpha value is -1.11. The molecule has 0 spiro atoms. The number of rotatable bonds is 8. The van der Waals surface area contributed by atoms with Gasteiger partial charge in [-0.05, 0) is 50.1 Å². The van der Waals surface area contributed by atoms with Crippen LogP contribution in [-0.4, -0.2) is 56.9 Å². The van der Waals surface area contributed by atoms with E-state index >= 15 is 0 Å². The molecule has 0 saturated carbocycles. The molecular formula is C18H31N3O2S. The summed E-state index contributed by atoms with van der Waals surface area (Å²) in [6.07, 6.45) is 3.48. The first-order valence-corrected chi connectivity index (χ1v) is 9.79. The van der Waals surface area contributed by atoms with Gasteiger partial charge in [0.25, 0.3) is 0 Å². The normalized spacial score (nSPS) is 16.6. The van der Waals surface area contributed by atoms with Crippen LogP contribution in [0.1, 0.15) is 36.6 Å². The predicted molar refractivity (Wildman–Crippen MR) is 101 cm³/mol. The van der Waals surface area contributed by atoms with Crippen LogP contribution in [0.4, 0.5) is 0 Å². The largest absolute Gasteiger partial charge is 0.385 e. The van der Waals surface area contributed by atoms with E-state index in [0.29, 0.717) is 6.10 Å². The van der Waals surface area contributed by atoms with Gasteiger partial charge >= 0.3 is 0 Å². The van der Waals surface area contributed by atoms with Gasteiger partial charge in [0.2, 0.25) is 0 Å². The average molecular weight is 354 g/mol. The number of guanidine groups is 1. The second-order valence-corrected chi connectivity index (χ2v) is 7.10. The predicted octanol–water partition coefficient (Wildman–Crippen LogP) is 3.04. The second-order valence-electron chi connectivity index (χ2n) is 6.10. The summed E-state index contributed by atoms with van der Waals surface area (Å²) in [5, 5.41) is 5.57. The van der Waals surface area contributed by atoms with Crippen LogP contribution in [0.2, 0.25) is 0 Å². The summed E-state index contributed by atoms with van der Waals surface area (Å²) in [4.78, 5) is 8.55. The topological polar surface area (TPSA) is 46.1 Å². The van der Waals surface area contributed by atoms with Gasteiger partial charge < -0.3 is 19.7 Å². The fourth-order valence-corrected chi connectivity index (χ4v) is 3.66. The summed E-state index contributed by atoms with van der Waals surface area (Å²) in [6.45, 7) is 9.52. The number of nitrogens with one attached hydrogen (secondary N) is 1. The molecule has 0 amide bonds. The van der Waals surface area contributed by atoms with Crippen molar-refractivity contribution in [2.24, 2.45) is 4.99 Å². The number of nitrogens with zero attached hydrogens (tertiary/aromatic N) is 2. The molecule has 1 saturated heterocycles. The van der Waals surface area contributed by atoms with Gasteiger partial charge in [-0.2, -0.15) is 0 Å². The van der Waals surface area contributed by atoms with Crippen molar-refractivity contribution in [1.29, 1.82) is 0 Å². The summed E-state index contributed by atoms with van der Waals surface area (Å²) >= 11 is 1.79. The molecule has 24 heavy (non-hydrogen) atoms. The molecule has 1 N–H and O–H groups in total. The van der Waals surface area contributed by atoms with Gasteiger partial charge in [-0.3, -0.25) is 0 Å². The van der Waals surface area contributed by atoms with Gasteiger partial charge in [-0.25, -0.2) is 4.99 Å². The summed E-state index contributed by atoms with van der Waals surface area (Å²) in [5.74, 6) is 1.03.